The number of aromatic hydroxyl groups is 2. The average molecular weight is 669 g/mol. The zero-order valence-electron chi connectivity index (χ0n) is 24.6. The van der Waals surface area contributed by atoms with E-state index in [0.29, 0.717) is 12.0 Å². The molecule has 1 aliphatic heterocycles. The van der Waals surface area contributed by atoms with Crippen molar-refractivity contribution in [3.63, 3.8) is 0 Å². The first-order valence-corrected chi connectivity index (χ1v) is 19.7. The normalized spacial score (nSPS) is 25.5. The maximum atomic E-state index is 5.90. The maximum absolute atomic E-state index is 5.90. The fraction of sp³-hybridized carbons (Fsp3) is 0.412. The van der Waals surface area contributed by atoms with E-state index in [-0.39, 0.29) is 0 Å². The Labute approximate surface area is 255 Å². The van der Waals surface area contributed by atoms with E-state index in [1.807, 2.05) is 59.2 Å². The fourth-order valence-electron chi connectivity index (χ4n) is 6.66. The number of nitrogens with zero attached hydrogens (tertiary/aromatic N) is 2. The summed E-state index contributed by atoms with van der Waals surface area (Å²) in [4.78, 5) is 5.13. The summed E-state index contributed by atoms with van der Waals surface area (Å²) in [5, 5.41) is 0. The Balaban J connectivity index is 0.000000194. The van der Waals surface area contributed by atoms with Crippen LogP contribution in [0, 0.1) is 24.4 Å². The van der Waals surface area contributed by atoms with E-state index in [1.54, 1.807) is 5.57 Å². The second kappa shape index (κ2) is 14.5. The summed E-state index contributed by atoms with van der Waals surface area (Å²) < 4.78 is 6.48. The van der Waals surface area contributed by atoms with E-state index in [9.17, 15) is 0 Å². The van der Waals surface area contributed by atoms with Crippen LogP contribution in [0.25, 0.3) is 0 Å². The van der Waals surface area contributed by atoms with E-state index in [4.69, 9.17) is 19.4 Å². The summed E-state index contributed by atoms with van der Waals surface area (Å²) in [7, 11) is 11.8. The molecular weight excluding hydrogens is 624 g/mol. The second-order valence-corrected chi connectivity index (χ2v) is 17.3. The second-order valence-electron chi connectivity index (χ2n) is 11.6. The van der Waals surface area contributed by atoms with Gasteiger partial charge >= 0.3 is 114 Å². The molecule has 40 heavy (non-hydrogen) atoms. The number of allylic oxidation sites excluding steroid dienone is 5. The molecule has 4 atom stereocenters. The molecule has 2 aromatic carbocycles. The molecule has 1 fully saturated rings. The van der Waals surface area contributed by atoms with E-state index >= 15 is 0 Å². The molecule has 3 nitrogen and oxygen atoms in total. The SMILES string of the molecule is CC1=CC(C)=C(N2[CH-]N([C@H]3C(C)=CC(C)C[C@H]3C)CC2)[C@@H](C)C1.[Cl][Ru]([Cl])=[CH]c1ccccc1[OH+]c1ccccc1. The number of rotatable bonds is 5. The van der Waals surface area contributed by atoms with Crippen LogP contribution in [0.1, 0.15) is 59.9 Å². The predicted molar refractivity (Wildman–Crippen MR) is 169 cm³/mol. The molecule has 1 unspecified atom stereocenters. The molecule has 5 rings (SSSR count). The Bertz CT molecular complexity index is 1280. The average Bonchev–Trinajstić information content (AvgIpc) is 3.34. The number of benzene rings is 2. The van der Waals surface area contributed by atoms with Crippen molar-refractivity contribution >= 4 is 24.0 Å². The summed E-state index contributed by atoms with van der Waals surface area (Å²) in [6.45, 7) is 18.7. The number of hydrogen-bond acceptors (Lipinski definition) is 2. The number of hydrogen-bond donors (Lipinski definition) is 0. The molecule has 2 aromatic rings. The van der Waals surface area contributed by atoms with Crippen LogP contribution in [0.2, 0.25) is 0 Å². The number of halogens is 2. The molecule has 0 spiro atoms. The summed E-state index contributed by atoms with van der Waals surface area (Å²) in [6.07, 6.45) is 7.38. The minimum absolute atomic E-state index is 0.591. The number of para-hydroxylation sites is 2. The topological polar surface area (TPSA) is 19.3 Å². The van der Waals surface area contributed by atoms with Crippen LogP contribution in [0.3, 0.4) is 0 Å². The first kappa shape index (κ1) is 31.2. The zero-order valence-corrected chi connectivity index (χ0v) is 27.8. The van der Waals surface area contributed by atoms with E-state index in [0.717, 1.165) is 42.0 Å². The van der Waals surface area contributed by atoms with Gasteiger partial charge < -0.3 is 9.80 Å². The van der Waals surface area contributed by atoms with Crippen molar-refractivity contribution in [1.29, 1.82) is 0 Å². The van der Waals surface area contributed by atoms with Crippen LogP contribution in [0.5, 0.6) is 11.5 Å². The molecule has 1 N–H and O–H groups in total. The standard InChI is InChI=1S/C21H33N2.C13H10O.2ClH.Ru/c1-14-9-16(3)20(17(4)10-14)22-7-8-23(13-22)21-18(5)11-15(2)12-19(21)6;1-11-7-5-6-10-13(11)14-12-8-3-2-4-9-12;;;/h9,11,13-14,17,19-20H,7-8,10,12H2,1-6H3;1-10H;2*1H;/q-1;;;;+2/p-1/t14?,17-,19+,20+;;;;/m1..../s1. The van der Waals surface area contributed by atoms with Gasteiger partial charge in [-0.2, -0.15) is 6.67 Å². The van der Waals surface area contributed by atoms with E-state index < -0.39 is 13.5 Å². The minimum atomic E-state index is -1.81. The Hall–Kier alpha value is -1.71. The molecule has 1 saturated heterocycles. The van der Waals surface area contributed by atoms with Crippen molar-refractivity contribution in [2.75, 3.05) is 13.1 Å². The van der Waals surface area contributed by atoms with E-state index in [2.05, 4.69) is 74.9 Å². The fourth-order valence-corrected chi connectivity index (χ4v) is 8.48. The molecule has 0 amide bonds. The third-order valence-corrected chi connectivity index (χ3v) is 9.77. The van der Waals surface area contributed by atoms with Crippen LogP contribution in [0.15, 0.2) is 89.2 Å². The van der Waals surface area contributed by atoms with Gasteiger partial charge in [0.15, 0.2) is 0 Å². The summed E-state index contributed by atoms with van der Waals surface area (Å²) in [5.74, 6) is 3.94. The third-order valence-electron chi connectivity index (χ3n) is 7.94. The van der Waals surface area contributed by atoms with Crippen LogP contribution in [-0.2, 0) is 13.5 Å². The van der Waals surface area contributed by atoms with Gasteiger partial charge in [0.25, 0.3) is 0 Å². The Morgan fingerprint density at radius 3 is 2.33 bits per heavy atom. The van der Waals surface area contributed by atoms with Crippen LogP contribution >= 0.6 is 19.4 Å². The summed E-state index contributed by atoms with van der Waals surface area (Å²) in [6, 6.07) is 18.3. The van der Waals surface area contributed by atoms with Crippen molar-refractivity contribution in [2.45, 2.75) is 60.4 Å². The van der Waals surface area contributed by atoms with Crippen LogP contribution < -0.4 is 0 Å². The van der Waals surface area contributed by atoms with Crippen molar-refractivity contribution in [2.24, 2.45) is 17.8 Å². The summed E-state index contributed by atoms with van der Waals surface area (Å²) in [5.41, 5.74) is 7.07. The van der Waals surface area contributed by atoms with Crippen molar-refractivity contribution in [3.05, 3.63) is 101 Å². The molecule has 3 aliphatic rings. The Kier molecular flexibility index (Phi) is 11.3. The van der Waals surface area contributed by atoms with Crippen LogP contribution in [-0.4, -0.2) is 38.3 Å². The molecule has 0 saturated carbocycles. The Morgan fingerprint density at radius 2 is 1.65 bits per heavy atom. The van der Waals surface area contributed by atoms with Crippen molar-refractivity contribution < 1.29 is 18.3 Å². The first-order chi connectivity index (χ1) is 19.1. The number of ether oxygens (including phenoxy) is 1. The zero-order chi connectivity index (χ0) is 28.8. The van der Waals surface area contributed by atoms with Gasteiger partial charge in [-0.25, -0.2) is 0 Å². The molecule has 6 heteroatoms. The van der Waals surface area contributed by atoms with Gasteiger partial charge in [0, 0.05) is 6.04 Å². The van der Waals surface area contributed by atoms with Crippen LogP contribution in [0.4, 0.5) is 0 Å². The Morgan fingerprint density at radius 1 is 0.950 bits per heavy atom. The molecule has 1 heterocycles. The van der Waals surface area contributed by atoms with Gasteiger partial charge in [-0.15, -0.1) is 0 Å². The predicted octanol–water partition coefficient (Wildman–Crippen LogP) is 9.39. The monoisotopic (exact) mass is 668 g/mol. The van der Waals surface area contributed by atoms with Crippen molar-refractivity contribution in [3.8, 4) is 11.5 Å². The quantitative estimate of drug-likeness (QED) is 0.137. The summed E-state index contributed by atoms with van der Waals surface area (Å²) >= 11 is -1.81. The molecule has 218 valence electrons. The molecular formula is C34H44Cl2N2ORu. The van der Waals surface area contributed by atoms with Gasteiger partial charge in [-0.1, -0.05) is 44.1 Å². The molecule has 0 bridgehead atoms. The molecule has 0 radical (unpaired) electrons. The van der Waals surface area contributed by atoms with Crippen molar-refractivity contribution in [1.82, 2.24) is 9.80 Å². The van der Waals surface area contributed by atoms with Gasteiger partial charge in [0.1, 0.15) is 0 Å². The molecule has 0 aromatic heterocycles. The molecule has 2 aliphatic carbocycles. The van der Waals surface area contributed by atoms with E-state index in [1.165, 1.54) is 29.7 Å². The van der Waals surface area contributed by atoms with Gasteiger partial charge in [0.2, 0.25) is 0 Å². The van der Waals surface area contributed by atoms with Gasteiger partial charge in [0.05, 0.1) is 0 Å². The third kappa shape index (κ3) is 8.19. The van der Waals surface area contributed by atoms with Gasteiger partial charge in [-0.3, -0.25) is 0 Å². The first-order valence-electron chi connectivity index (χ1n) is 14.2. The van der Waals surface area contributed by atoms with Gasteiger partial charge in [-0.05, 0) is 75.7 Å².